The van der Waals surface area contributed by atoms with E-state index in [1.165, 1.54) is 0 Å². The number of carbonyl (C=O) groups excluding carboxylic acids is 1. The molecular formula is C11H19NO5. The molecule has 0 aromatic carbocycles. The van der Waals surface area contributed by atoms with Crippen molar-refractivity contribution in [2.24, 2.45) is 5.41 Å². The van der Waals surface area contributed by atoms with Crippen LogP contribution < -0.4 is 0 Å². The molecule has 1 saturated heterocycles. The van der Waals surface area contributed by atoms with Gasteiger partial charge in [-0.1, -0.05) is 0 Å². The summed E-state index contributed by atoms with van der Waals surface area (Å²) in [6.45, 7) is 3.20. The summed E-state index contributed by atoms with van der Waals surface area (Å²) in [6.07, 6.45) is 0.492. The maximum absolute atomic E-state index is 11.7. The van der Waals surface area contributed by atoms with Gasteiger partial charge in [0, 0.05) is 20.2 Å². The van der Waals surface area contributed by atoms with E-state index in [1.807, 2.05) is 0 Å². The molecule has 1 fully saturated rings. The van der Waals surface area contributed by atoms with Crippen LogP contribution in [-0.4, -0.2) is 61.9 Å². The maximum atomic E-state index is 11.7. The summed E-state index contributed by atoms with van der Waals surface area (Å²) in [7, 11) is 1.56. The van der Waals surface area contributed by atoms with Crippen molar-refractivity contribution in [1.29, 1.82) is 0 Å². The van der Waals surface area contributed by atoms with Crippen molar-refractivity contribution in [3.05, 3.63) is 0 Å². The van der Waals surface area contributed by atoms with E-state index < -0.39 is 11.4 Å². The monoisotopic (exact) mass is 245 g/mol. The average Bonchev–Trinajstić information content (AvgIpc) is 2.69. The van der Waals surface area contributed by atoms with Gasteiger partial charge in [0.25, 0.3) is 0 Å². The third-order valence-corrected chi connectivity index (χ3v) is 3.00. The number of aliphatic carboxylic acids is 1. The van der Waals surface area contributed by atoms with E-state index >= 15 is 0 Å². The molecule has 17 heavy (non-hydrogen) atoms. The highest BCUT2D eigenvalue weighted by Gasteiger charge is 2.41. The Balaban J connectivity index is 2.33. The van der Waals surface area contributed by atoms with E-state index in [9.17, 15) is 9.59 Å². The molecular weight excluding hydrogens is 226 g/mol. The van der Waals surface area contributed by atoms with Crippen molar-refractivity contribution in [2.45, 2.75) is 13.3 Å². The Morgan fingerprint density at radius 1 is 1.41 bits per heavy atom. The van der Waals surface area contributed by atoms with Crippen LogP contribution in [-0.2, 0) is 19.1 Å². The maximum Gasteiger partial charge on any atom is 0.311 e. The van der Waals surface area contributed by atoms with Gasteiger partial charge in [-0.25, -0.2) is 0 Å². The molecule has 0 aromatic rings. The van der Waals surface area contributed by atoms with Gasteiger partial charge in [0.2, 0.25) is 5.91 Å². The van der Waals surface area contributed by atoms with Gasteiger partial charge in [0.15, 0.2) is 0 Å². The third kappa shape index (κ3) is 3.67. The molecule has 1 unspecified atom stereocenters. The smallest absolute Gasteiger partial charge is 0.311 e. The molecule has 0 saturated carbocycles. The van der Waals surface area contributed by atoms with Gasteiger partial charge in [-0.2, -0.15) is 0 Å². The molecule has 0 bridgehead atoms. The first-order valence-corrected chi connectivity index (χ1v) is 5.57. The fraction of sp³-hybridized carbons (Fsp3) is 0.818. The highest BCUT2D eigenvalue weighted by molar-refractivity contribution is 5.81. The third-order valence-electron chi connectivity index (χ3n) is 3.00. The second-order valence-corrected chi connectivity index (χ2v) is 4.48. The zero-order valence-electron chi connectivity index (χ0n) is 10.3. The van der Waals surface area contributed by atoms with Crippen molar-refractivity contribution in [2.75, 3.05) is 40.0 Å². The second kappa shape index (κ2) is 5.97. The van der Waals surface area contributed by atoms with Gasteiger partial charge in [-0.3, -0.25) is 9.59 Å². The van der Waals surface area contributed by atoms with E-state index in [0.717, 1.165) is 0 Å². The van der Waals surface area contributed by atoms with Crippen LogP contribution in [0.25, 0.3) is 0 Å². The molecule has 0 radical (unpaired) electrons. The Kier molecular flexibility index (Phi) is 4.89. The number of hydrogen-bond donors (Lipinski definition) is 1. The molecule has 0 aromatic heterocycles. The number of ether oxygens (including phenoxy) is 2. The van der Waals surface area contributed by atoms with Crippen LogP contribution in [0.3, 0.4) is 0 Å². The van der Waals surface area contributed by atoms with Gasteiger partial charge in [0.1, 0.15) is 6.61 Å². The lowest BCUT2D eigenvalue weighted by molar-refractivity contribution is -0.147. The van der Waals surface area contributed by atoms with E-state index in [0.29, 0.717) is 26.2 Å². The molecule has 1 aliphatic heterocycles. The number of amides is 1. The summed E-state index contributed by atoms with van der Waals surface area (Å²) in [5.41, 5.74) is -0.817. The van der Waals surface area contributed by atoms with Gasteiger partial charge in [0.05, 0.1) is 18.6 Å². The Labute approximate surface area is 100 Å². The normalized spacial score (nSPS) is 24.0. The predicted octanol–water partition coefficient (Wildman–Crippen LogP) is -0.0274. The summed E-state index contributed by atoms with van der Waals surface area (Å²) >= 11 is 0. The Hall–Kier alpha value is -1.14. The largest absolute Gasteiger partial charge is 0.481 e. The van der Waals surface area contributed by atoms with Crippen molar-refractivity contribution in [3.8, 4) is 0 Å². The Bertz CT molecular complexity index is 294. The van der Waals surface area contributed by atoms with E-state index in [1.54, 1.807) is 18.9 Å². The first-order valence-electron chi connectivity index (χ1n) is 5.57. The summed E-state index contributed by atoms with van der Waals surface area (Å²) in [5.74, 6) is -1.01. The van der Waals surface area contributed by atoms with Gasteiger partial charge in [-0.05, 0) is 13.3 Å². The minimum atomic E-state index is -0.854. The second-order valence-electron chi connectivity index (χ2n) is 4.48. The minimum Gasteiger partial charge on any atom is -0.481 e. The van der Waals surface area contributed by atoms with Crippen LogP contribution in [0.5, 0.6) is 0 Å². The van der Waals surface area contributed by atoms with Crippen molar-refractivity contribution in [3.63, 3.8) is 0 Å². The lowest BCUT2D eigenvalue weighted by Crippen LogP contribution is -2.36. The van der Waals surface area contributed by atoms with Crippen LogP contribution in [0.4, 0.5) is 0 Å². The average molecular weight is 245 g/mol. The van der Waals surface area contributed by atoms with E-state index in [2.05, 4.69) is 0 Å². The van der Waals surface area contributed by atoms with E-state index in [4.69, 9.17) is 14.6 Å². The van der Waals surface area contributed by atoms with Crippen LogP contribution in [0, 0.1) is 5.41 Å². The molecule has 6 nitrogen and oxygen atoms in total. The van der Waals surface area contributed by atoms with Gasteiger partial charge in [-0.15, -0.1) is 0 Å². The standard InChI is InChI=1S/C11H19NO5/c1-11(10(14)15)3-4-12(8-11)9(13)7-17-6-5-16-2/h3-8H2,1-2H3,(H,14,15). The van der Waals surface area contributed by atoms with Crippen molar-refractivity contribution >= 4 is 11.9 Å². The summed E-state index contributed by atoms with van der Waals surface area (Å²) < 4.78 is 9.90. The minimum absolute atomic E-state index is 0.0148. The molecule has 1 heterocycles. The van der Waals surface area contributed by atoms with Gasteiger partial charge >= 0.3 is 5.97 Å². The number of carboxylic acids is 1. The fourth-order valence-corrected chi connectivity index (χ4v) is 1.74. The number of carboxylic acid groups (broad SMARTS) is 1. The van der Waals surface area contributed by atoms with Gasteiger partial charge < -0.3 is 19.5 Å². The molecule has 1 aliphatic rings. The number of rotatable bonds is 6. The van der Waals surface area contributed by atoms with Crippen molar-refractivity contribution < 1.29 is 24.2 Å². The zero-order valence-corrected chi connectivity index (χ0v) is 10.3. The zero-order chi connectivity index (χ0) is 12.9. The molecule has 1 amide bonds. The highest BCUT2D eigenvalue weighted by Crippen LogP contribution is 2.29. The Morgan fingerprint density at radius 2 is 2.12 bits per heavy atom. The lowest BCUT2D eigenvalue weighted by Gasteiger charge is -2.20. The van der Waals surface area contributed by atoms with Crippen LogP contribution in [0.2, 0.25) is 0 Å². The molecule has 1 rings (SSSR count). The molecule has 0 aliphatic carbocycles. The van der Waals surface area contributed by atoms with E-state index in [-0.39, 0.29) is 19.1 Å². The summed E-state index contributed by atoms with van der Waals surface area (Å²) in [4.78, 5) is 24.2. The van der Waals surface area contributed by atoms with Crippen LogP contribution in [0.15, 0.2) is 0 Å². The predicted molar refractivity (Wildman–Crippen MR) is 59.6 cm³/mol. The first-order chi connectivity index (χ1) is 7.99. The number of nitrogens with zero attached hydrogens (tertiary/aromatic N) is 1. The van der Waals surface area contributed by atoms with Crippen LogP contribution >= 0.6 is 0 Å². The quantitative estimate of drug-likeness (QED) is 0.665. The topological polar surface area (TPSA) is 76.1 Å². The number of hydrogen-bond acceptors (Lipinski definition) is 4. The SMILES string of the molecule is COCCOCC(=O)N1CCC(C)(C(=O)O)C1. The highest BCUT2D eigenvalue weighted by atomic mass is 16.5. The number of carbonyl (C=O) groups is 2. The summed E-state index contributed by atoms with van der Waals surface area (Å²) in [5, 5.41) is 9.03. The molecule has 0 spiro atoms. The van der Waals surface area contributed by atoms with Crippen molar-refractivity contribution in [1.82, 2.24) is 4.90 Å². The fourth-order valence-electron chi connectivity index (χ4n) is 1.74. The lowest BCUT2D eigenvalue weighted by atomic mass is 9.90. The molecule has 1 atom stereocenters. The molecule has 1 N–H and O–H groups in total. The first kappa shape index (κ1) is 13.9. The number of likely N-dealkylation sites (tertiary alicyclic amines) is 1. The Morgan fingerprint density at radius 3 is 2.65 bits per heavy atom. The number of methoxy groups -OCH3 is 1. The molecule has 98 valence electrons. The molecule has 6 heteroatoms. The van der Waals surface area contributed by atoms with Crippen LogP contribution in [0.1, 0.15) is 13.3 Å². The summed E-state index contributed by atoms with van der Waals surface area (Å²) in [6, 6.07) is 0.